The van der Waals surface area contributed by atoms with Crippen molar-refractivity contribution < 1.29 is 17.9 Å². The van der Waals surface area contributed by atoms with E-state index in [1.54, 1.807) is 23.0 Å². The van der Waals surface area contributed by atoms with Gasteiger partial charge in [0.15, 0.2) is 5.82 Å². The van der Waals surface area contributed by atoms with E-state index in [4.69, 9.17) is 4.74 Å². The molecule has 1 aromatic carbocycles. The number of aryl methyl sites for hydroxylation is 1. The Bertz CT molecular complexity index is 934. The Kier molecular flexibility index (Phi) is 6.50. The maximum atomic E-state index is 12.5. The molecule has 1 saturated heterocycles. The molecule has 1 aliphatic heterocycles. The highest BCUT2D eigenvalue weighted by atomic mass is 32.2. The van der Waals surface area contributed by atoms with E-state index >= 15 is 0 Å². The summed E-state index contributed by atoms with van der Waals surface area (Å²) in [5.41, 5.74) is 1.46. The Hall–Kier alpha value is -2.50. The van der Waals surface area contributed by atoms with Gasteiger partial charge in [0, 0.05) is 37.9 Å². The van der Waals surface area contributed by atoms with Crippen molar-refractivity contribution in [1.82, 2.24) is 24.4 Å². The zero-order valence-electron chi connectivity index (χ0n) is 16.7. The number of carbonyl (C=O) groups excluding carboxylic acids is 1. The van der Waals surface area contributed by atoms with Gasteiger partial charge in [-0.2, -0.15) is 4.31 Å². The van der Waals surface area contributed by atoms with Gasteiger partial charge in [0.05, 0.1) is 18.0 Å². The molecule has 0 aliphatic carbocycles. The fraction of sp³-hybridized carbons (Fsp3) is 0.500. The molecule has 1 aliphatic rings. The Labute approximate surface area is 170 Å². The predicted octanol–water partition coefficient (Wildman–Crippen LogP) is 1.04. The van der Waals surface area contributed by atoms with Crippen LogP contribution < -0.4 is 10.6 Å². The van der Waals surface area contributed by atoms with Crippen LogP contribution in [0.3, 0.4) is 0 Å². The van der Waals surface area contributed by atoms with Gasteiger partial charge in [-0.25, -0.2) is 13.2 Å². The van der Waals surface area contributed by atoms with Crippen LogP contribution in [-0.2, 0) is 21.8 Å². The number of nitrogens with one attached hydrogen (secondary N) is 2. The van der Waals surface area contributed by atoms with Gasteiger partial charge in [-0.3, -0.25) is 0 Å². The molecular formula is C18H26N6O4S. The van der Waals surface area contributed by atoms with Gasteiger partial charge in [0.2, 0.25) is 10.0 Å². The van der Waals surface area contributed by atoms with Crippen molar-refractivity contribution >= 4 is 21.7 Å². The molecule has 1 fully saturated rings. The number of ether oxygens (including phenoxy) is 1. The maximum Gasteiger partial charge on any atom is 0.319 e. The fourth-order valence-corrected chi connectivity index (χ4v) is 4.70. The van der Waals surface area contributed by atoms with Crippen LogP contribution in [0.2, 0.25) is 0 Å². The van der Waals surface area contributed by atoms with Crippen molar-refractivity contribution in [1.29, 1.82) is 0 Å². The Morgan fingerprint density at radius 2 is 1.86 bits per heavy atom. The molecule has 0 bridgehead atoms. The number of morpholine rings is 1. The van der Waals surface area contributed by atoms with Gasteiger partial charge >= 0.3 is 6.03 Å². The molecular weight excluding hydrogens is 396 g/mol. The summed E-state index contributed by atoms with van der Waals surface area (Å²) in [5, 5.41) is 13.1. The number of hydrogen-bond donors (Lipinski definition) is 2. The van der Waals surface area contributed by atoms with Crippen LogP contribution >= 0.6 is 0 Å². The van der Waals surface area contributed by atoms with E-state index in [2.05, 4.69) is 20.8 Å². The lowest BCUT2D eigenvalue weighted by Gasteiger charge is -2.34. The normalized spacial score (nSPS) is 20.4. The van der Waals surface area contributed by atoms with Crippen LogP contribution in [-0.4, -0.2) is 71.1 Å². The summed E-state index contributed by atoms with van der Waals surface area (Å²) in [7, 11) is -1.61. The SMILES string of the molecule is C[C@@H]1CN(S(=O)(=O)CCNC(=O)Nc2ccc(-c3nncn3C)cc2)C[C@@H](C)O1. The average Bonchev–Trinajstić information content (AvgIpc) is 3.07. The summed E-state index contributed by atoms with van der Waals surface area (Å²) in [6, 6.07) is 6.68. The van der Waals surface area contributed by atoms with Crippen LogP contribution in [0.15, 0.2) is 30.6 Å². The van der Waals surface area contributed by atoms with Gasteiger partial charge in [-0.05, 0) is 38.1 Å². The Morgan fingerprint density at radius 3 is 2.45 bits per heavy atom. The van der Waals surface area contributed by atoms with Gasteiger partial charge in [0.1, 0.15) is 6.33 Å². The van der Waals surface area contributed by atoms with E-state index in [0.717, 1.165) is 11.4 Å². The fourth-order valence-electron chi connectivity index (χ4n) is 3.20. The summed E-state index contributed by atoms with van der Waals surface area (Å²) in [5.74, 6) is 0.559. The van der Waals surface area contributed by atoms with Gasteiger partial charge in [-0.15, -0.1) is 10.2 Å². The van der Waals surface area contributed by atoms with E-state index < -0.39 is 16.1 Å². The van der Waals surface area contributed by atoms with Crippen molar-refractivity contribution in [3.05, 3.63) is 30.6 Å². The minimum absolute atomic E-state index is 0.0192. The Balaban J connectivity index is 1.48. The smallest absolute Gasteiger partial charge is 0.319 e. The van der Waals surface area contributed by atoms with Crippen LogP contribution in [0.4, 0.5) is 10.5 Å². The standard InChI is InChI=1S/C18H26N6O4S/c1-13-10-24(11-14(2)28-13)29(26,27)9-8-19-18(25)21-16-6-4-15(5-7-16)17-22-20-12-23(17)3/h4-7,12-14H,8-11H2,1-3H3,(H2,19,21,25)/t13-,14-/m1/s1. The van der Waals surface area contributed by atoms with Gasteiger partial charge < -0.3 is 19.9 Å². The molecule has 11 heteroatoms. The number of amides is 2. The van der Waals surface area contributed by atoms with Crippen molar-refractivity contribution in [2.24, 2.45) is 7.05 Å². The lowest BCUT2D eigenvalue weighted by molar-refractivity contribution is -0.0440. The second-order valence-corrected chi connectivity index (χ2v) is 9.20. The maximum absolute atomic E-state index is 12.5. The molecule has 158 valence electrons. The molecule has 0 radical (unpaired) electrons. The Morgan fingerprint density at radius 1 is 1.21 bits per heavy atom. The minimum atomic E-state index is -3.46. The monoisotopic (exact) mass is 422 g/mol. The molecule has 3 rings (SSSR count). The largest absolute Gasteiger partial charge is 0.373 e. The van der Waals surface area contributed by atoms with Gasteiger partial charge in [0.25, 0.3) is 0 Å². The van der Waals surface area contributed by atoms with E-state index in [0.29, 0.717) is 18.8 Å². The number of sulfonamides is 1. The van der Waals surface area contributed by atoms with Gasteiger partial charge in [-0.1, -0.05) is 0 Å². The first-order chi connectivity index (χ1) is 13.7. The van der Waals surface area contributed by atoms with Crippen molar-refractivity contribution in [2.45, 2.75) is 26.1 Å². The first-order valence-electron chi connectivity index (χ1n) is 9.37. The number of aromatic nitrogens is 3. The van der Waals surface area contributed by atoms with Crippen LogP contribution in [0.25, 0.3) is 11.4 Å². The molecule has 2 aromatic rings. The third-order valence-electron chi connectivity index (χ3n) is 4.54. The van der Waals surface area contributed by atoms with Crippen molar-refractivity contribution in [2.75, 3.05) is 30.7 Å². The van der Waals surface area contributed by atoms with Crippen LogP contribution in [0, 0.1) is 0 Å². The molecule has 0 unspecified atom stereocenters. The first kappa shape index (κ1) is 21.2. The summed E-state index contributed by atoms with van der Waals surface area (Å²) >= 11 is 0. The molecule has 10 nitrogen and oxygen atoms in total. The van der Waals surface area contributed by atoms with E-state index in [1.807, 2.05) is 33.0 Å². The highest BCUT2D eigenvalue weighted by Crippen LogP contribution is 2.18. The third kappa shape index (κ3) is 5.52. The number of rotatable bonds is 6. The topological polar surface area (TPSA) is 118 Å². The number of urea groups is 1. The van der Waals surface area contributed by atoms with Crippen molar-refractivity contribution in [3.63, 3.8) is 0 Å². The molecule has 1 aromatic heterocycles. The second-order valence-electron chi connectivity index (χ2n) is 7.11. The molecule has 29 heavy (non-hydrogen) atoms. The molecule has 2 heterocycles. The third-order valence-corrected chi connectivity index (χ3v) is 6.34. The number of hydrogen-bond acceptors (Lipinski definition) is 6. The molecule has 2 atom stereocenters. The highest BCUT2D eigenvalue weighted by molar-refractivity contribution is 7.89. The van der Waals surface area contributed by atoms with Crippen LogP contribution in [0.1, 0.15) is 13.8 Å². The van der Waals surface area contributed by atoms with Crippen LogP contribution in [0.5, 0.6) is 0 Å². The van der Waals surface area contributed by atoms with E-state index in [9.17, 15) is 13.2 Å². The second kappa shape index (κ2) is 8.89. The quantitative estimate of drug-likeness (QED) is 0.718. The number of benzene rings is 1. The number of nitrogens with zero attached hydrogens (tertiary/aromatic N) is 4. The molecule has 2 N–H and O–H groups in total. The summed E-state index contributed by atoms with van der Waals surface area (Å²) < 4.78 is 33.7. The number of anilines is 1. The summed E-state index contributed by atoms with van der Waals surface area (Å²) in [6.45, 7) is 4.37. The van der Waals surface area contributed by atoms with E-state index in [1.165, 1.54) is 4.31 Å². The molecule has 0 saturated carbocycles. The average molecular weight is 423 g/mol. The summed E-state index contributed by atoms with van der Waals surface area (Å²) in [6.07, 6.45) is 1.32. The lowest BCUT2D eigenvalue weighted by atomic mass is 10.2. The number of carbonyl (C=O) groups is 1. The zero-order chi connectivity index (χ0) is 21.0. The summed E-state index contributed by atoms with van der Waals surface area (Å²) in [4.78, 5) is 12.1. The first-order valence-corrected chi connectivity index (χ1v) is 11.0. The highest BCUT2D eigenvalue weighted by Gasteiger charge is 2.30. The predicted molar refractivity (Wildman–Crippen MR) is 109 cm³/mol. The lowest BCUT2D eigenvalue weighted by Crippen LogP contribution is -2.49. The molecule has 0 spiro atoms. The van der Waals surface area contributed by atoms with E-state index in [-0.39, 0.29) is 24.5 Å². The van der Waals surface area contributed by atoms with Crippen molar-refractivity contribution in [3.8, 4) is 11.4 Å². The zero-order valence-corrected chi connectivity index (χ0v) is 17.5. The molecule has 2 amide bonds. The minimum Gasteiger partial charge on any atom is -0.373 e.